The number of hydrogen-bond acceptors (Lipinski definition) is 5. The van der Waals surface area contributed by atoms with Crippen LogP contribution in [0.25, 0.3) is 0 Å². The highest BCUT2D eigenvalue weighted by Gasteiger charge is 2.25. The molecule has 0 aromatic carbocycles. The van der Waals surface area contributed by atoms with Gasteiger partial charge >= 0.3 is 5.97 Å². The lowest BCUT2D eigenvalue weighted by Gasteiger charge is -2.23. The van der Waals surface area contributed by atoms with E-state index in [-0.39, 0.29) is 36.3 Å². The quantitative estimate of drug-likeness (QED) is 0.522. The fraction of sp³-hybridized carbons (Fsp3) is 0.833. The van der Waals surface area contributed by atoms with Crippen molar-refractivity contribution < 1.29 is 23.1 Å². The van der Waals surface area contributed by atoms with Gasteiger partial charge in [-0.05, 0) is 12.8 Å². The van der Waals surface area contributed by atoms with E-state index < -0.39 is 15.8 Å². The summed E-state index contributed by atoms with van der Waals surface area (Å²) in [6.45, 7) is 0.896. The lowest BCUT2D eigenvalue weighted by atomic mass is 10.2. The molecule has 1 atom stereocenters. The van der Waals surface area contributed by atoms with E-state index in [2.05, 4.69) is 10.6 Å². The third-order valence-corrected chi connectivity index (χ3v) is 4.86. The second kappa shape index (κ2) is 8.21. The van der Waals surface area contributed by atoms with E-state index in [1.165, 1.54) is 0 Å². The smallest absolute Gasteiger partial charge is 0.303 e. The molecule has 0 aromatic heterocycles. The second-order valence-electron chi connectivity index (χ2n) is 5.02. The minimum Gasteiger partial charge on any atom is -0.481 e. The van der Waals surface area contributed by atoms with Crippen LogP contribution >= 0.6 is 0 Å². The zero-order valence-corrected chi connectivity index (χ0v) is 12.2. The van der Waals surface area contributed by atoms with Crippen LogP contribution in [0.5, 0.6) is 0 Å². The summed E-state index contributed by atoms with van der Waals surface area (Å²) in [5, 5.41) is 14.2. The maximum atomic E-state index is 11.6. The Labute approximate surface area is 119 Å². The Bertz CT molecular complexity index is 435. The van der Waals surface area contributed by atoms with Crippen LogP contribution in [-0.4, -0.2) is 56.0 Å². The van der Waals surface area contributed by atoms with Crippen molar-refractivity contribution in [1.29, 1.82) is 0 Å². The molecule has 0 radical (unpaired) electrons. The van der Waals surface area contributed by atoms with Gasteiger partial charge in [-0.15, -0.1) is 0 Å². The normalized spacial score (nSPS) is 21.3. The van der Waals surface area contributed by atoms with Crippen molar-refractivity contribution in [3.05, 3.63) is 0 Å². The van der Waals surface area contributed by atoms with Crippen molar-refractivity contribution in [2.24, 2.45) is 0 Å². The monoisotopic (exact) mass is 306 g/mol. The Hall–Kier alpha value is -1.15. The molecule has 0 saturated carbocycles. The fourth-order valence-electron chi connectivity index (χ4n) is 2.10. The predicted octanol–water partition coefficient (Wildman–Crippen LogP) is -0.476. The summed E-state index contributed by atoms with van der Waals surface area (Å²) in [7, 11) is -3.02. The lowest BCUT2D eigenvalue weighted by molar-refractivity contribution is -0.137. The van der Waals surface area contributed by atoms with Crippen LogP contribution in [0.1, 0.15) is 32.1 Å². The molecule has 0 spiro atoms. The molecule has 0 bridgehead atoms. The first kappa shape index (κ1) is 16.9. The minimum atomic E-state index is -3.02. The highest BCUT2D eigenvalue weighted by Crippen LogP contribution is 2.05. The van der Waals surface area contributed by atoms with Crippen molar-refractivity contribution in [3.8, 4) is 0 Å². The molecular formula is C12H22N2O5S. The Morgan fingerprint density at radius 1 is 1.25 bits per heavy atom. The molecule has 8 heteroatoms. The number of carboxylic acid groups (broad SMARTS) is 1. The molecule has 0 aromatic rings. The number of amides is 1. The van der Waals surface area contributed by atoms with Gasteiger partial charge in [0.05, 0.1) is 11.5 Å². The van der Waals surface area contributed by atoms with Crippen LogP contribution in [0.2, 0.25) is 0 Å². The average Bonchev–Trinajstić information content (AvgIpc) is 2.32. The molecule has 1 aliphatic heterocycles. The van der Waals surface area contributed by atoms with Crippen molar-refractivity contribution >= 4 is 21.7 Å². The van der Waals surface area contributed by atoms with Gasteiger partial charge in [0.1, 0.15) is 0 Å². The maximum Gasteiger partial charge on any atom is 0.303 e. The first-order chi connectivity index (χ1) is 9.39. The van der Waals surface area contributed by atoms with E-state index >= 15 is 0 Å². The lowest BCUT2D eigenvalue weighted by Crippen LogP contribution is -2.47. The molecule has 1 saturated heterocycles. The van der Waals surface area contributed by atoms with Gasteiger partial charge in [0.2, 0.25) is 5.91 Å². The summed E-state index contributed by atoms with van der Waals surface area (Å²) in [4.78, 5) is 21.9. The van der Waals surface area contributed by atoms with E-state index in [1.807, 2.05) is 0 Å². The number of carbonyl (C=O) groups is 2. The third kappa shape index (κ3) is 7.44. The molecule has 1 fully saturated rings. The molecule has 3 N–H and O–H groups in total. The van der Waals surface area contributed by atoms with Crippen LogP contribution < -0.4 is 10.6 Å². The molecule has 20 heavy (non-hydrogen) atoms. The van der Waals surface area contributed by atoms with Gasteiger partial charge < -0.3 is 15.7 Å². The summed E-state index contributed by atoms with van der Waals surface area (Å²) in [6.07, 6.45) is 2.40. The van der Waals surface area contributed by atoms with Gasteiger partial charge in [-0.2, -0.15) is 0 Å². The van der Waals surface area contributed by atoms with Crippen molar-refractivity contribution in [2.45, 2.75) is 38.1 Å². The molecule has 0 aliphatic carbocycles. The van der Waals surface area contributed by atoms with E-state index in [4.69, 9.17) is 5.11 Å². The largest absolute Gasteiger partial charge is 0.481 e. The van der Waals surface area contributed by atoms with Gasteiger partial charge in [0, 0.05) is 32.0 Å². The Kier molecular flexibility index (Phi) is 6.94. The topological polar surface area (TPSA) is 113 Å². The molecule has 1 rings (SSSR count). The summed E-state index contributed by atoms with van der Waals surface area (Å²) in [5.41, 5.74) is 0. The molecule has 1 heterocycles. The van der Waals surface area contributed by atoms with Gasteiger partial charge in [-0.1, -0.05) is 6.42 Å². The fourth-order valence-corrected chi connectivity index (χ4v) is 3.54. The number of rotatable bonds is 8. The zero-order valence-electron chi connectivity index (χ0n) is 11.4. The molecule has 7 nitrogen and oxygen atoms in total. The number of unbranched alkanes of at least 4 members (excludes halogenated alkanes) is 2. The SMILES string of the molecule is O=C(O)CCCCCNC(=O)CC1CS(=O)(=O)CCN1. The highest BCUT2D eigenvalue weighted by molar-refractivity contribution is 7.91. The van der Waals surface area contributed by atoms with Crippen molar-refractivity contribution in [1.82, 2.24) is 10.6 Å². The van der Waals surface area contributed by atoms with Gasteiger partial charge in [0.25, 0.3) is 0 Å². The van der Waals surface area contributed by atoms with Crippen molar-refractivity contribution in [3.63, 3.8) is 0 Å². The van der Waals surface area contributed by atoms with E-state index in [0.717, 1.165) is 12.8 Å². The van der Waals surface area contributed by atoms with Crippen LogP contribution in [0.4, 0.5) is 0 Å². The number of hydrogen-bond donors (Lipinski definition) is 3. The number of carboxylic acids is 1. The molecular weight excluding hydrogens is 284 g/mol. The average molecular weight is 306 g/mol. The molecule has 1 unspecified atom stereocenters. The van der Waals surface area contributed by atoms with Crippen LogP contribution in [-0.2, 0) is 19.4 Å². The Morgan fingerprint density at radius 2 is 2.00 bits per heavy atom. The van der Waals surface area contributed by atoms with Gasteiger partial charge in [0.15, 0.2) is 9.84 Å². The van der Waals surface area contributed by atoms with Crippen LogP contribution in [0, 0.1) is 0 Å². The summed E-state index contributed by atoms with van der Waals surface area (Å²) < 4.78 is 22.8. The van der Waals surface area contributed by atoms with Crippen LogP contribution in [0.15, 0.2) is 0 Å². The predicted molar refractivity (Wildman–Crippen MR) is 74.2 cm³/mol. The number of carbonyl (C=O) groups excluding carboxylic acids is 1. The van der Waals surface area contributed by atoms with E-state index in [0.29, 0.717) is 19.5 Å². The first-order valence-corrected chi connectivity index (χ1v) is 8.63. The summed E-state index contributed by atoms with van der Waals surface area (Å²) >= 11 is 0. The van der Waals surface area contributed by atoms with E-state index in [1.54, 1.807) is 0 Å². The second-order valence-corrected chi connectivity index (χ2v) is 7.25. The number of nitrogens with one attached hydrogen (secondary N) is 2. The zero-order chi connectivity index (χ0) is 15.0. The molecule has 1 aliphatic rings. The third-order valence-electron chi connectivity index (χ3n) is 3.12. The van der Waals surface area contributed by atoms with Crippen LogP contribution in [0.3, 0.4) is 0 Å². The van der Waals surface area contributed by atoms with Crippen molar-refractivity contribution in [2.75, 3.05) is 24.6 Å². The highest BCUT2D eigenvalue weighted by atomic mass is 32.2. The molecule has 1 amide bonds. The molecule has 116 valence electrons. The first-order valence-electron chi connectivity index (χ1n) is 6.81. The minimum absolute atomic E-state index is 0.0129. The van der Waals surface area contributed by atoms with Gasteiger partial charge in [-0.25, -0.2) is 8.42 Å². The number of aliphatic carboxylic acids is 1. The maximum absolute atomic E-state index is 11.6. The standard InChI is InChI=1S/C12H22N2O5S/c15-11(14-5-3-1-2-4-12(16)17)8-10-9-20(18,19)7-6-13-10/h10,13H,1-9H2,(H,14,15)(H,16,17). The Balaban J connectivity index is 2.10. The van der Waals surface area contributed by atoms with E-state index in [9.17, 15) is 18.0 Å². The van der Waals surface area contributed by atoms with Gasteiger partial charge in [-0.3, -0.25) is 9.59 Å². The Morgan fingerprint density at radius 3 is 2.65 bits per heavy atom. The summed E-state index contributed by atoms with van der Waals surface area (Å²) in [5.74, 6) is -0.829. The summed E-state index contributed by atoms with van der Waals surface area (Å²) in [6, 6.07) is -0.305. The number of sulfone groups is 1.